The van der Waals surface area contributed by atoms with E-state index < -0.39 is 5.60 Å². The van der Waals surface area contributed by atoms with Crippen LogP contribution in [0.2, 0.25) is 0 Å². The van der Waals surface area contributed by atoms with Crippen LogP contribution in [-0.4, -0.2) is 48.9 Å². The SMILES string of the molecule is Cc1cc(Nc2nc(N(C)C3C4CC5CC3CC(O)(C5)C4)nc3[nH]ccc23)n[nH]1. The summed E-state index contributed by atoms with van der Waals surface area (Å²) in [6.45, 7) is 1.98. The van der Waals surface area contributed by atoms with Gasteiger partial charge in [-0.2, -0.15) is 15.1 Å². The fourth-order valence-electron chi connectivity index (χ4n) is 6.51. The molecule has 152 valence electrons. The van der Waals surface area contributed by atoms with Crippen LogP contribution in [0.4, 0.5) is 17.6 Å². The summed E-state index contributed by atoms with van der Waals surface area (Å²) >= 11 is 0. The van der Waals surface area contributed by atoms with Crippen molar-refractivity contribution in [2.45, 2.75) is 50.7 Å². The molecule has 0 spiro atoms. The molecule has 3 aromatic heterocycles. The molecule has 2 unspecified atom stereocenters. The van der Waals surface area contributed by atoms with Gasteiger partial charge in [0.1, 0.15) is 11.5 Å². The lowest BCUT2D eigenvalue weighted by Crippen LogP contribution is -2.61. The second-order valence-electron chi connectivity index (χ2n) is 9.47. The quantitative estimate of drug-likeness (QED) is 0.543. The minimum Gasteiger partial charge on any atom is -0.390 e. The van der Waals surface area contributed by atoms with Crippen LogP contribution in [0.15, 0.2) is 18.3 Å². The zero-order valence-corrected chi connectivity index (χ0v) is 16.8. The number of aliphatic hydroxyl groups is 1. The third-order valence-corrected chi connectivity index (χ3v) is 7.31. The van der Waals surface area contributed by atoms with E-state index >= 15 is 0 Å². The topological polar surface area (TPSA) is 106 Å². The predicted octanol–water partition coefficient (Wildman–Crippen LogP) is 3.11. The summed E-state index contributed by atoms with van der Waals surface area (Å²) in [5, 5.41) is 22.5. The minimum absolute atomic E-state index is 0.389. The molecule has 4 N–H and O–H groups in total. The van der Waals surface area contributed by atoms with Crippen LogP contribution in [-0.2, 0) is 0 Å². The van der Waals surface area contributed by atoms with Crippen LogP contribution < -0.4 is 10.2 Å². The summed E-state index contributed by atoms with van der Waals surface area (Å²) in [7, 11) is 2.11. The van der Waals surface area contributed by atoms with Crippen LogP contribution in [0, 0.1) is 24.7 Å². The third kappa shape index (κ3) is 2.73. The Labute approximate surface area is 169 Å². The number of hydrogen-bond donors (Lipinski definition) is 4. The van der Waals surface area contributed by atoms with Gasteiger partial charge in [0.05, 0.1) is 11.0 Å². The highest BCUT2D eigenvalue weighted by Gasteiger charge is 2.56. The maximum absolute atomic E-state index is 10.9. The molecule has 0 saturated heterocycles. The molecular weight excluding hydrogens is 366 g/mol. The van der Waals surface area contributed by atoms with E-state index in [0.717, 1.165) is 53.6 Å². The van der Waals surface area contributed by atoms with Gasteiger partial charge >= 0.3 is 0 Å². The fraction of sp³-hybridized carbons (Fsp3) is 0.571. The number of aromatic amines is 2. The summed E-state index contributed by atoms with van der Waals surface area (Å²) in [4.78, 5) is 15.2. The molecule has 0 amide bonds. The smallest absolute Gasteiger partial charge is 0.229 e. The molecule has 4 aliphatic carbocycles. The lowest BCUT2D eigenvalue weighted by Gasteiger charge is -2.59. The van der Waals surface area contributed by atoms with Crippen LogP contribution in [0.1, 0.15) is 37.8 Å². The van der Waals surface area contributed by atoms with E-state index in [1.165, 1.54) is 12.8 Å². The Balaban J connectivity index is 1.36. The second-order valence-corrected chi connectivity index (χ2v) is 9.47. The monoisotopic (exact) mass is 393 g/mol. The van der Waals surface area contributed by atoms with Gasteiger partial charge in [-0.15, -0.1) is 0 Å². The lowest BCUT2D eigenvalue weighted by atomic mass is 9.52. The average Bonchev–Trinajstić information content (AvgIpc) is 3.28. The second kappa shape index (κ2) is 5.95. The van der Waals surface area contributed by atoms with Crippen molar-refractivity contribution in [2.75, 3.05) is 17.3 Å². The highest BCUT2D eigenvalue weighted by Crippen LogP contribution is 2.57. The van der Waals surface area contributed by atoms with Gasteiger partial charge < -0.3 is 20.3 Å². The van der Waals surface area contributed by atoms with Crippen molar-refractivity contribution in [1.82, 2.24) is 25.1 Å². The first-order valence-corrected chi connectivity index (χ1v) is 10.6. The van der Waals surface area contributed by atoms with Gasteiger partial charge in [0.25, 0.3) is 0 Å². The van der Waals surface area contributed by atoms with E-state index in [2.05, 4.69) is 32.4 Å². The van der Waals surface area contributed by atoms with Gasteiger partial charge in [-0.1, -0.05) is 0 Å². The molecule has 4 bridgehead atoms. The molecule has 2 atom stereocenters. The standard InChI is InChI=1S/C21H27N7O/c1-11-5-16(27-26-11)23-19-15-3-4-22-18(15)24-20(25-19)28(2)17-13-6-12-7-14(17)10-21(29,8-12)9-13/h3-5,12-14,17,29H,6-10H2,1-2H3,(H3,22,23,24,25,26,27). The van der Waals surface area contributed by atoms with Crippen molar-refractivity contribution in [3.63, 3.8) is 0 Å². The first kappa shape index (κ1) is 17.3. The molecule has 29 heavy (non-hydrogen) atoms. The van der Waals surface area contributed by atoms with Crippen LogP contribution in [0.3, 0.4) is 0 Å². The molecule has 8 heteroatoms. The molecule has 8 nitrogen and oxygen atoms in total. The molecule has 4 fully saturated rings. The Morgan fingerprint density at radius 2 is 2.00 bits per heavy atom. The molecule has 0 aliphatic heterocycles. The minimum atomic E-state index is -0.428. The zero-order chi connectivity index (χ0) is 19.8. The highest BCUT2D eigenvalue weighted by molar-refractivity contribution is 5.89. The van der Waals surface area contributed by atoms with E-state index in [1.807, 2.05) is 25.3 Å². The summed E-state index contributed by atoms with van der Waals surface area (Å²) in [5.41, 5.74) is 1.39. The highest BCUT2D eigenvalue weighted by atomic mass is 16.3. The van der Waals surface area contributed by atoms with E-state index in [1.54, 1.807) is 0 Å². The van der Waals surface area contributed by atoms with Crippen LogP contribution >= 0.6 is 0 Å². The Bertz CT molecular complexity index is 1060. The maximum Gasteiger partial charge on any atom is 0.229 e. The summed E-state index contributed by atoms with van der Waals surface area (Å²) < 4.78 is 0. The number of anilines is 3. The van der Waals surface area contributed by atoms with E-state index in [4.69, 9.17) is 9.97 Å². The Hall–Kier alpha value is -2.61. The Morgan fingerprint density at radius 3 is 2.69 bits per heavy atom. The third-order valence-electron chi connectivity index (χ3n) is 7.31. The van der Waals surface area contributed by atoms with Crippen LogP contribution in [0.5, 0.6) is 0 Å². The van der Waals surface area contributed by atoms with Crippen molar-refractivity contribution < 1.29 is 5.11 Å². The van der Waals surface area contributed by atoms with Gasteiger partial charge in [0.15, 0.2) is 5.82 Å². The molecular formula is C21H27N7O. The summed E-state index contributed by atoms with van der Waals surface area (Å²) in [5.74, 6) is 3.95. The van der Waals surface area contributed by atoms with Crippen molar-refractivity contribution in [3.05, 3.63) is 24.0 Å². The number of aryl methyl sites for hydroxylation is 1. The van der Waals surface area contributed by atoms with Crippen molar-refractivity contribution >= 4 is 28.6 Å². The van der Waals surface area contributed by atoms with Gasteiger partial charge in [0, 0.05) is 31.0 Å². The lowest BCUT2D eigenvalue weighted by molar-refractivity contribution is -0.133. The van der Waals surface area contributed by atoms with Crippen molar-refractivity contribution in [3.8, 4) is 0 Å². The zero-order valence-electron chi connectivity index (χ0n) is 16.8. The summed E-state index contributed by atoms with van der Waals surface area (Å²) in [6, 6.07) is 4.33. The molecule has 3 heterocycles. The first-order valence-electron chi connectivity index (χ1n) is 10.6. The van der Waals surface area contributed by atoms with E-state index in [-0.39, 0.29) is 0 Å². The Morgan fingerprint density at radius 1 is 1.21 bits per heavy atom. The number of fused-ring (bicyclic) bond motifs is 1. The maximum atomic E-state index is 10.9. The fourth-order valence-corrected chi connectivity index (χ4v) is 6.51. The normalized spacial score (nSPS) is 32.8. The molecule has 7 rings (SSSR count). The summed E-state index contributed by atoms with van der Waals surface area (Å²) in [6.07, 6.45) is 7.16. The molecule has 0 aromatic carbocycles. The Kier molecular flexibility index (Phi) is 3.54. The largest absolute Gasteiger partial charge is 0.390 e. The van der Waals surface area contributed by atoms with Gasteiger partial charge in [-0.25, -0.2) is 0 Å². The number of aromatic nitrogens is 5. The van der Waals surface area contributed by atoms with Crippen molar-refractivity contribution in [2.24, 2.45) is 17.8 Å². The number of rotatable bonds is 4. The van der Waals surface area contributed by atoms with Crippen molar-refractivity contribution in [1.29, 1.82) is 0 Å². The average molecular weight is 393 g/mol. The molecule has 3 aromatic rings. The number of hydrogen-bond acceptors (Lipinski definition) is 6. The van der Waals surface area contributed by atoms with E-state index in [0.29, 0.717) is 23.8 Å². The van der Waals surface area contributed by atoms with Crippen LogP contribution in [0.25, 0.3) is 11.0 Å². The first-order chi connectivity index (χ1) is 14.0. The van der Waals surface area contributed by atoms with E-state index in [9.17, 15) is 5.11 Å². The van der Waals surface area contributed by atoms with Gasteiger partial charge in [-0.05, 0) is 62.8 Å². The number of H-pyrrole nitrogens is 2. The molecule has 4 aliphatic rings. The molecule has 0 radical (unpaired) electrons. The number of nitrogens with zero attached hydrogens (tertiary/aromatic N) is 4. The number of nitrogens with one attached hydrogen (secondary N) is 3. The predicted molar refractivity (Wildman–Crippen MR) is 111 cm³/mol. The van der Waals surface area contributed by atoms with Gasteiger partial charge in [-0.3, -0.25) is 5.10 Å². The van der Waals surface area contributed by atoms with Gasteiger partial charge in [0.2, 0.25) is 5.95 Å². The molecule has 4 saturated carbocycles.